The van der Waals surface area contributed by atoms with Crippen molar-refractivity contribution in [3.05, 3.63) is 0 Å². The zero-order valence-electron chi connectivity index (χ0n) is 14.2. The molecule has 0 spiro atoms. The van der Waals surface area contributed by atoms with Crippen molar-refractivity contribution in [1.82, 2.24) is 5.32 Å². The second-order valence-electron chi connectivity index (χ2n) is 6.37. The van der Waals surface area contributed by atoms with Gasteiger partial charge in [-0.05, 0) is 6.42 Å². The highest BCUT2D eigenvalue weighted by Gasteiger charge is 2.11. The number of morpholine rings is 1. The molecular weight excluding hydrogens is 326 g/mol. The van der Waals surface area contributed by atoms with Gasteiger partial charge in [-0.2, -0.15) is 0 Å². The number of rotatable bonds is 13. The Morgan fingerprint density at radius 2 is 1.33 bits per heavy atom. The van der Waals surface area contributed by atoms with Crippen LogP contribution in [0.15, 0.2) is 0 Å². The van der Waals surface area contributed by atoms with Gasteiger partial charge in [0.15, 0.2) is 0 Å². The van der Waals surface area contributed by atoms with Crippen LogP contribution < -0.4 is 5.32 Å². The minimum atomic E-state index is 0. The highest BCUT2D eigenvalue weighted by atomic mass is 79.9. The van der Waals surface area contributed by atoms with Gasteiger partial charge < -0.3 is 10.1 Å². The van der Waals surface area contributed by atoms with Gasteiger partial charge in [0, 0.05) is 13.1 Å². The van der Waals surface area contributed by atoms with Gasteiger partial charge in [0.2, 0.25) is 0 Å². The molecule has 21 heavy (non-hydrogen) atoms. The Bertz CT molecular complexity index is 196. The number of unbranched alkanes of at least 4 members (excludes halogenated alkanes) is 11. The van der Waals surface area contributed by atoms with Gasteiger partial charge in [-0.1, -0.05) is 84.0 Å². The van der Waals surface area contributed by atoms with Crippen LogP contribution in [0, 0.1) is 0 Å². The average Bonchev–Trinajstić information content (AvgIpc) is 2.49. The fraction of sp³-hybridized carbons (Fsp3) is 1.00. The lowest BCUT2D eigenvalue weighted by molar-refractivity contribution is 0.0220. The van der Waals surface area contributed by atoms with Crippen molar-refractivity contribution >= 4 is 17.0 Å². The molecule has 0 saturated carbocycles. The molecule has 1 fully saturated rings. The topological polar surface area (TPSA) is 21.3 Å². The van der Waals surface area contributed by atoms with E-state index < -0.39 is 0 Å². The Labute approximate surface area is 143 Å². The van der Waals surface area contributed by atoms with E-state index in [1.165, 1.54) is 83.5 Å². The summed E-state index contributed by atoms with van der Waals surface area (Å²) >= 11 is 0. The first-order valence-corrected chi connectivity index (χ1v) is 9.26. The van der Waals surface area contributed by atoms with Crippen LogP contribution in [0.3, 0.4) is 0 Å². The Morgan fingerprint density at radius 1 is 0.810 bits per heavy atom. The van der Waals surface area contributed by atoms with Crippen molar-refractivity contribution in [2.24, 2.45) is 0 Å². The largest absolute Gasteiger partial charge is 0.376 e. The molecule has 0 amide bonds. The lowest BCUT2D eigenvalue weighted by atomic mass is 10.0. The van der Waals surface area contributed by atoms with Gasteiger partial charge in [0.05, 0.1) is 12.7 Å². The van der Waals surface area contributed by atoms with Gasteiger partial charge >= 0.3 is 0 Å². The number of hydrogen-bond acceptors (Lipinski definition) is 2. The molecule has 128 valence electrons. The normalized spacial score (nSPS) is 18.4. The minimum absolute atomic E-state index is 0. The molecule has 1 atom stereocenters. The summed E-state index contributed by atoms with van der Waals surface area (Å²) in [7, 11) is 0. The average molecular weight is 364 g/mol. The molecule has 0 aliphatic carbocycles. The standard InChI is InChI=1S/C18H37NO.BrH/c1-2-3-4-5-6-7-8-9-10-11-12-13-14-18-17-19-15-16-20-18;/h18-19H,2-17H2,1H3;1H. The third kappa shape index (κ3) is 13.8. The summed E-state index contributed by atoms with van der Waals surface area (Å²) < 4.78 is 5.72. The summed E-state index contributed by atoms with van der Waals surface area (Å²) in [4.78, 5) is 0. The molecule has 1 saturated heterocycles. The molecule has 2 nitrogen and oxygen atoms in total. The van der Waals surface area contributed by atoms with E-state index >= 15 is 0 Å². The summed E-state index contributed by atoms with van der Waals surface area (Å²) in [6, 6.07) is 0. The van der Waals surface area contributed by atoms with E-state index in [9.17, 15) is 0 Å². The molecule has 0 aromatic rings. The third-order valence-corrected chi connectivity index (χ3v) is 4.38. The fourth-order valence-electron chi connectivity index (χ4n) is 3.02. The first kappa shape index (κ1) is 21.4. The minimum Gasteiger partial charge on any atom is -0.376 e. The Morgan fingerprint density at radius 3 is 1.81 bits per heavy atom. The lowest BCUT2D eigenvalue weighted by Crippen LogP contribution is -2.38. The van der Waals surface area contributed by atoms with E-state index in [0.29, 0.717) is 6.10 Å². The molecule has 3 heteroatoms. The van der Waals surface area contributed by atoms with E-state index in [0.717, 1.165) is 19.7 Å². The highest BCUT2D eigenvalue weighted by Crippen LogP contribution is 2.13. The molecule has 0 bridgehead atoms. The van der Waals surface area contributed by atoms with Crippen LogP contribution in [0.4, 0.5) is 0 Å². The second-order valence-corrected chi connectivity index (χ2v) is 6.37. The molecule has 0 aromatic carbocycles. The molecule has 0 aromatic heterocycles. The Balaban J connectivity index is 0.00000400. The maximum absolute atomic E-state index is 5.72. The van der Waals surface area contributed by atoms with Crippen LogP contribution in [-0.2, 0) is 4.74 Å². The molecular formula is C18H38BrNO. The summed E-state index contributed by atoms with van der Waals surface area (Å²) in [5.74, 6) is 0. The smallest absolute Gasteiger partial charge is 0.0700 e. The zero-order valence-corrected chi connectivity index (χ0v) is 15.9. The number of nitrogens with one attached hydrogen (secondary N) is 1. The molecule has 1 unspecified atom stereocenters. The van der Waals surface area contributed by atoms with Crippen molar-refractivity contribution in [3.63, 3.8) is 0 Å². The number of hydrogen-bond donors (Lipinski definition) is 1. The first-order valence-electron chi connectivity index (χ1n) is 9.26. The predicted molar refractivity (Wildman–Crippen MR) is 98.6 cm³/mol. The predicted octanol–water partition coefficient (Wildman–Crippen LogP) is 5.64. The van der Waals surface area contributed by atoms with Gasteiger partial charge in [-0.25, -0.2) is 0 Å². The molecule has 1 heterocycles. The van der Waals surface area contributed by atoms with Crippen LogP contribution in [-0.4, -0.2) is 25.8 Å². The summed E-state index contributed by atoms with van der Waals surface area (Å²) in [6.07, 6.45) is 18.9. The molecule has 1 rings (SSSR count). The number of halogens is 1. The van der Waals surface area contributed by atoms with Crippen LogP contribution in [0.1, 0.15) is 90.4 Å². The van der Waals surface area contributed by atoms with Crippen LogP contribution in [0.5, 0.6) is 0 Å². The molecule has 1 aliphatic rings. The monoisotopic (exact) mass is 363 g/mol. The molecule has 0 radical (unpaired) electrons. The van der Waals surface area contributed by atoms with Crippen LogP contribution >= 0.6 is 17.0 Å². The SMILES string of the molecule is Br.CCCCCCCCCCCCCCC1CNCCO1. The number of ether oxygens (including phenoxy) is 1. The van der Waals surface area contributed by atoms with Gasteiger partial charge in [-0.15, -0.1) is 17.0 Å². The van der Waals surface area contributed by atoms with Crippen molar-refractivity contribution < 1.29 is 4.74 Å². The quantitative estimate of drug-likeness (QED) is 0.427. The summed E-state index contributed by atoms with van der Waals surface area (Å²) in [5.41, 5.74) is 0. The van der Waals surface area contributed by atoms with Gasteiger partial charge in [-0.3, -0.25) is 0 Å². The van der Waals surface area contributed by atoms with Crippen LogP contribution in [0.25, 0.3) is 0 Å². The second kappa shape index (κ2) is 16.8. The van der Waals surface area contributed by atoms with E-state index in [1.807, 2.05) is 0 Å². The maximum atomic E-state index is 5.72. The van der Waals surface area contributed by atoms with E-state index in [4.69, 9.17) is 4.74 Å². The first-order chi connectivity index (χ1) is 9.93. The molecule has 1 N–H and O–H groups in total. The van der Waals surface area contributed by atoms with Gasteiger partial charge in [0.25, 0.3) is 0 Å². The van der Waals surface area contributed by atoms with Crippen molar-refractivity contribution in [2.75, 3.05) is 19.7 Å². The Kier molecular flexibility index (Phi) is 17.1. The maximum Gasteiger partial charge on any atom is 0.0700 e. The summed E-state index contributed by atoms with van der Waals surface area (Å²) in [5, 5.41) is 3.40. The van der Waals surface area contributed by atoms with Gasteiger partial charge in [0.1, 0.15) is 0 Å². The van der Waals surface area contributed by atoms with E-state index in [-0.39, 0.29) is 17.0 Å². The molecule has 1 aliphatic heterocycles. The Hall–Kier alpha value is 0.400. The van der Waals surface area contributed by atoms with Crippen molar-refractivity contribution in [2.45, 2.75) is 96.5 Å². The van der Waals surface area contributed by atoms with Crippen LogP contribution in [0.2, 0.25) is 0 Å². The highest BCUT2D eigenvalue weighted by molar-refractivity contribution is 8.93. The fourth-order valence-corrected chi connectivity index (χ4v) is 3.02. The zero-order chi connectivity index (χ0) is 14.3. The summed E-state index contributed by atoms with van der Waals surface area (Å²) in [6.45, 7) is 5.30. The van der Waals surface area contributed by atoms with Crippen molar-refractivity contribution in [1.29, 1.82) is 0 Å². The van der Waals surface area contributed by atoms with E-state index in [2.05, 4.69) is 12.2 Å². The van der Waals surface area contributed by atoms with Crippen molar-refractivity contribution in [3.8, 4) is 0 Å². The third-order valence-electron chi connectivity index (χ3n) is 4.38. The lowest BCUT2D eigenvalue weighted by Gasteiger charge is -2.23. The van der Waals surface area contributed by atoms with E-state index in [1.54, 1.807) is 0 Å².